The lowest BCUT2D eigenvalue weighted by Gasteiger charge is -2.06. The van der Waals surface area contributed by atoms with Crippen molar-refractivity contribution in [1.82, 2.24) is 4.57 Å². The third kappa shape index (κ3) is 3.20. The number of fused-ring (bicyclic) bond motifs is 1. The summed E-state index contributed by atoms with van der Waals surface area (Å²) in [5.74, 6) is 0. The fraction of sp³-hybridized carbons (Fsp3) is 0.250. The molecule has 1 N–H and O–H groups in total. The molecule has 0 saturated carbocycles. The second kappa shape index (κ2) is 6.80. The van der Waals surface area contributed by atoms with Crippen LogP contribution in [0.1, 0.15) is 23.6 Å². The minimum Gasteiger partial charge on any atom is -0.361 e. The Bertz CT molecular complexity index is 833. The molecule has 0 atom stereocenters. The molecule has 0 bridgehead atoms. The van der Waals surface area contributed by atoms with E-state index in [2.05, 4.69) is 35.8 Å². The predicted molar refractivity (Wildman–Crippen MR) is 95.3 cm³/mol. The van der Waals surface area contributed by atoms with Crippen molar-refractivity contribution in [2.24, 2.45) is 0 Å². The van der Waals surface area contributed by atoms with Crippen molar-refractivity contribution < 1.29 is 4.74 Å². The number of para-hydroxylation sites is 1. The number of hydrogen-bond acceptors (Lipinski definition) is 2. The van der Waals surface area contributed by atoms with E-state index in [0.29, 0.717) is 25.5 Å². The van der Waals surface area contributed by atoms with Gasteiger partial charge < -0.3 is 14.7 Å². The maximum Gasteiger partial charge on any atom is 0.122 e. The lowest BCUT2D eigenvalue weighted by atomic mass is 9.99. The van der Waals surface area contributed by atoms with Crippen molar-refractivity contribution in [3.05, 3.63) is 71.4 Å². The fourth-order valence-electron chi connectivity index (χ4n) is 2.88. The van der Waals surface area contributed by atoms with Crippen LogP contribution in [0.2, 0.25) is 0 Å². The van der Waals surface area contributed by atoms with Crippen molar-refractivity contribution in [3.63, 3.8) is 0 Å². The summed E-state index contributed by atoms with van der Waals surface area (Å²) in [4.78, 5) is 0. The highest BCUT2D eigenvalue weighted by Crippen LogP contribution is 2.23. The summed E-state index contributed by atoms with van der Waals surface area (Å²) in [5.41, 5.74) is 5.19. The molecule has 0 radical (unpaired) electrons. The summed E-state index contributed by atoms with van der Waals surface area (Å²) in [6, 6.07) is 16.5. The van der Waals surface area contributed by atoms with E-state index in [-0.39, 0.29) is 0 Å². The quantitative estimate of drug-likeness (QED) is 0.666. The molecule has 0 spiro atoms. The van der Waals surface area contributed by atoms with E-state index in [4.69, 9.17) is 10.1 Å². The molecule has 0 saturated heterocycles. The van der Waals surface area contributed by atoms with Gasteiger partial charge in [-0.2, -0.15) is 0 Å². The van der Waals surface area contributed by atoms with Crippen LogP contribution in [0.5, 0.6) is 0 Å². The molecule has 3 aromatic rings. The van der Waals surface area contributed by atoms with E-state index >= 15 is 0 Å². The molecule has 0 unspecified atom stereocenters. The lowest BCUT2D eigenvalue weighted by molar-refractivity contribution is 0.0909. The van der Waals surface area contributed by atoms with Crippen LogP contribution >= 0.6 is 0 Å². The number of nitrogens with one attached hydrogen (secondary N) is 1. The third-order valence-corrected chi connectivity index (χ3v) is 4.18. The molecular weight excluding hydrogens is 284 g/mol. The SMILES string of the molecule is CCOCn1cc(C(=N)Cc2ccccc2C)c2ccccc21. The van der Waals surface area contributed by atoms with E-state index in [1.165, 1.54) is 11.1 Å². The maximum atomic E-state index is 8.58. The Morgan fingerprint density at radius 2 is 1.83 bits per heavy atom. The molecular formula is C20H22N2O. The van der Waals surface area contributed by atoms with Crippen molar-refractivity contribution in [2.75, 3.05) is 6.61 Å². The summed E-state index contributed by atoms with van der Waals surface area (Å²) < 4.78 is 7.63. The Labute approximate surface area is 137 Å². The van der Waals surface area contributed by atoms with Crippen molar-refractivity contribution >= 4 is 16.6 Å². The predicted octanol–water partition coefficient (Wildman–Crippen LogP) is 4.55. The van der Waals surface area contributed by atoms with Gasteiger partial charge in [-0.15, -0.1) is 0 Å². The Morgan fingerprint density at radius 1 is 1.09 bits per heavy atom. The highest BCUT2D eigenvalue weighted by molar-refractivity contribution is 6.10. The molecule has 3 nitrogen and oxygen atoms in total. The number of rotatable bonds is 6. The molecule has 0 amide bonds. The van der Waals surface area contributed by atoms with Gasteiger partial charge in [0.2, 0.25) is 0 Å². The summed E-state index contributed by atoms with van der Waals surface area (Å²) in [6.45, 7) is 5.30. The van der Waals surface area contributed by atoms with Crippen LogP contribution in [0, 0.1) is 12.3 Å². The summed E-state index contributed by atoms with van der Waals surface area (Å²) >= 11 is 0. The smallest absolute Gasteiger partial charge is 0.122 e. The Hall–Kier alpha value is -2.39. The number of ether oxygens (including phenoxy) is 1. The normalized spacial score (nSPS) is 11.0. The van der Waals surface area contributed by atoms with Gasteiger partial charge in [0.1, 0.15) is 6.73 Å². The fourth-order valence-corrected chi connectivity index (χ4v) is 2.88. The second-order valence-corrected chi connectivity index (χ2v) is 5.73. The number of hydrogen-bond donors (Lipinski definition) is 1. The first-order valence-electron chi connectivity index (χ1n) is 7.98. The van der Waals surface area contributed by atoms with Crippen LogP contribution in [-0.2, 0) is 17.9 Å². The highest BCUT2D eigenvalue weighted by atomic mass is 16.5. The van der Waals surface area contributed by atoms with E-state index in [0.717, 1.165) is 16.5 Å². The third-order valence-electron chi connectivity index (χ3n) is 4.18. The standard InChI is InChI=1S/C20H22N2O/c1-3-23-14-22-13-18(17-10-6-7-11-20(17)22)19(21)12-16-9-5-4-8-15(16)2/h4-11,13,21H,3,12,14H2,1-2H3. The summed E-state index contributed by atoms with van der Waals surface area (Å²) in [5, 5.41) is 9.70. The zero-order valence-corrected chi connectivity index (χ0v) is 13.7. The van der Waals surface area contributed by atoms with E-state index in [1.807, 2.05) is 37.4 Å². The zero-order valence-electron chi connectivity index (χ0n) is 13.7. The van der Waals surface area contributed by atoms with E-state index in [1.54, 1.807) is 0 Å². The van der Waals surface area contributed by atoms with Gasteiger partial charge >= 0.3 is 0 Å². The van der Waals surface area contributed by atoms with Gasteiger partial charge in [-0.3, -0.25) is 0 Å². The monoisotopic (exact) mass is 306 g/mol. The molecule has 1 aromatic heterocycles. The van der Waals surface area contributed by atoms with E-state index in [9.17, 15) is 0 Å². The van der Waals surface area contributed by atoms with Crippen LogP contribution in [0.25, 0.3) is 10.9 Å². The van der Waals surface area contributed by atoms with Crippen molar-refractivity contribution in [2.45, 2.75) is 27.0 Å². The Morgan fingerprint density at radius 3 is 2.61 bits per heavy atom. The van der Waals surface area contributed by atoms with Gasteiger partial charge in [0, 0.05) is 35.9 Å². The summed E-state index contributed by atoms with van der Waals surface area (Å²) in [6.07, 6.45) is 2.69. The minimum atomic E-state index is 0.522. The topological polar surface area (TPSA) is 38.0 Å². The molecule has 0 fully saturated rings. The highest BCUT2D eigenvalue weighted by Gasteiger charge is 2.13. The van der Waals surface area contributed by atoms with Crippen LogP contribution in [-0.4, -0.2) is 16.9 Å². The maximum absolute atomic E-state index is 8.58. The summed E-state index contributed by atoms with van der Waals surface area (Å²) in [7, 11) is 0. The van der Waals surface area contributed by atoms with Gasteiger partial charge in [0.05, 0.1) is 5.52 Å². The molecule has 0 aliphatic heterocycles. The number of nitrogens with zero attached hydrogens (tertiary/aromatic N) is 1. The largest absolute Gasteiger partial charge is 0.361 e. The molecule has 0 aliphatic carbocycles. The number of benzene rings is 2. The van der Waals surface area contributed by atoms with Gasteiger partial charge in [0.15, 0.2) is 0 Å². The molecule has 0 aliphatic rings. The molecule has 3 rings (SSSR count). The minimum absolute atomic E-state index is 0.522. The van der Waals surface area contributed by atoms with Gasteiger partial charge in [-0.25, -0.2) is 0 Å². The first-order chi connectivity index (χ1) is 11.2. The van der Waals surface area contributed by atoms with Gasteiger partial charge in [-0.1, -0.05) is 42.5 Å². The van der Waals surface area contributed by atoms with Gasteiger partial charge in [-0.05, 0) is 31.0 Å². The second-order valence-electron chi connectivity index (χ2n) is 5.73. The van der Waals surface area contributed by atoms with E-state index < -0.39 is 0 Å². The van der Waals surface area contributed by atoms with Crippen molar-refractivity contribution in [1.29, 1.82) is 5.41 Å². The van der Waals surface area contributed by atoms with Crippen LogP contribution in [0.3, 0.4) is 0 Å². The molecule has 1 heterocycles. The zero-order chi connectivity index (χ0) is 16.2. The molecule has 23 heavy (non-hydrogen) atoms. The van der Waals surface area contributed by atoms with Gasteiger partial charge in [0.25, 0.3) is 0 Å². The van der Waals surface area contributed by atoms with Crippen molar-refractivity contribution in [3.8, 4) is 0 Å². The van der Waals surface area contributed by atoms with Crippen LogP contribution < -0.4 is 0 Å². The Balaban J connectivity index is 1.95. The van der Waals surface area contributed by atoms with Crippen LogP contribution in [0.15, 0.2) is 54.7 Å². The average Bonchev–Trinajstić information content (AvgIpc) is 2.94. The number of aromatic nitrogens is 1. The van der Waals surface area contributed by atoms with Crippen LogP contribution in [0.4, 0.5) is 0 Å². The molecule has 118 valence electrons. The average molecular weight is 306 g/mol. The Kier molecular flexibility index (Phi) is 4.58. The molecule has 2 aromatic carbocycles. The number of aryl methyl sites for hydroxylation is 1. The lowest BCUT2D eigenvalue weighted by Crippen LogP contribution is -2.05. The first kappa shape index (κ1) is 15.5. The first-order valence-corrected chi connectivity index (χ1v) is 7.98. The molecule has 3 heteroatoms.